The Bertz CT molecular complexity index is 484. The van der Waals surface area contributed by atoms with Crippen LogP contribution in [0.5, 0.6) is 0 Å². The topological polar surface area (TPSA) is 76.3 Å². The van der Waals surface area contributed by atoms with Gasteiger partial charge in [0.05, 0.1) is 10.5 Å². The second kappa shape index (κ2) is 7.30. The Balaban J connectivity index is 2.86. The maximum atomic E-state index is 12.1. The molecule has 8 heteroatoms. The van der Waals surface area contributed by atoms with E-state index >= 15 is 0 Å². The van der Waals surface area contributed by atoms with Crippen LogP contribution in [0, 0.1) is 10.1 Å². The van der Waals surface area contributed by atoms with Crippen LogP contribution >= 0.6 is 23.4 Å². The molecule has 0 aliphatic rings. The molecule has 1 aromatic rings. The smallest absolute Gasteiger partial charge is 0.288 e. The fourth-order valence-electron chi connectivity index (χ4n) is 1.44. The number of aromatic nitrogens is 1. The van der Waals surface area contributed by atoms with Gasteiger partial charge in [-0.25, -0.2) is 4.98 Å². The normalized spacial score (nSPS) is 10.3. The van der Waals surface area contributed by atoms with Gasteiger partial charge in [-0.3, -0.25) is 14.9 Å². The lowest BCUT2D eigenvalue weighted by molar-refractivity contribution is -0.385. The minimum absolute atomic E-state index is 0.0210. The maximum absolute atomic E-state index is 12.1. The average Bonchev–Trinajstić information content (AvgIpc) is 2.38. The zero-order chi connectivity index (χ0) is 14.4. The third-order valence-electron chi connectivity index (χ3n) is 2.45. The van der Waals surface area contributed by atoms with E-state index in [2.05, 4.69) is 4.98 Å². The average molecular weight is 304 g/mol. The van der Waals surface area contributed by atoms with E-state index in [-0.39, 0.29) is 22.3 Å². The van der Waals surface area contributed by atoms with E-state index in [0.717, 1.165) is 24.4 Å². The predicted octanol–water partition coefficient (Wildman–Crippen LogP) is 2.47. The van der Waals surface area contributed by atoms with Gasteiger partial charge in [-0.05, 0) is 18.4 Å². The van der Waals surface area contributed by atoms with E-state index in [1.807, 2.05) is 6.26 Å². The number of pyridine rings is 1. The zero-order valence-electron chi connectivity index (χ0n) is 10.6. The van der Waals surface area contributed by atoms with Crippen LogP contribution in [0.2, 0.25) is 5.15 Å². The number of hydrogen-bond acceptors (Lipinski definition) is 5. The molecule has 1 rings (SSSR count). The Labute approximate surface area is 120 Å². The van der Waals surface area contributed by atoms with Gasteiger partial charge in [0.1, 0.15) is 11.3 Å². The standard InChI is InChI=1S/C11H14ClN3O3S/c1-14(4-3-5-19-2)11(16)9-6-8(15(17)18)7-13-10(9)12/h6-7H,3-5H2,1-2H3. The summed E-state index contributed by atoms with van der Waals surface area (Å²) in [6.45, 7) is 0.568. The number of amides is 1. The lowest BCUT2D eigenvalue weighted by Crippen LogP contribution is -2.28. The second-order valence-corrected chi connectivity index (χ2v) is 5.21. The number of carbonyl (C=O) groups is 1. The summed E-state index contributed by atoms with van der Waals surface area (Å²) >= 11 is 7.51. The summed E-state index contributed by atoms with van der Waals surface area (Å²) in [7, 11) is 1.64. The van der Waals surface area contributed by atoms with Crippen molar-refractivity contribution in [2.24, 2.45) is 0 Å². The molecule has 0 bridgehead atoms. The van der Waals surface area contributed by atoms with Crippen molar-refractivity contribution in [3.63, 3.8) is 0 Å². The second-order valence-electron chi connectivity index (χ2n) is 3.86. The van der Waals surface area contributed by atoms with Crippen LogP contribution in [-0.4, -0.2) is 46.3 Å². The van der Waals surface area contributed by atoms with Gasteiger partial charge in [0, 0.05) is 19.7 Å². The Kier molecular flexibility index (Phi) is 6.04. The van der Waals surface area contributed by atoms with E-state index in [1.54, 1.807) is 18.8 Å². The largest absolute Gasteiger partial charge is 0.342 e. The molecule has 0 saturated heterocycles. The molecule has 19 heavy (non-hydrogen) atoms. The van der Waals surface area contributed by atoms with Crippen molar-refractivity contribution < 1.29 is 9.72 Å². The quantitative estimate of drug-likeness (QED) is 0.349. The third-order valence-corrected chi connectivity index (χ3v) is 3.45. The molecule has 0 unspecified atom stereocenters. The van der Waals surface area contributed by atoms with Gasteiger partial charge < -0.3 is 4.90 Å². The molecule has 1 amide bonds. The molecule has 0 aliphatic carbocycles. The maximum Gasteiger partial charge on any atom is 0.288 e. The molecule has 0 N–H and O–H groups in total. The molecule has 104 valence electrons. The van der Waals surface area contributed by atoms with E-state index in [0.29, 0.717) is 6.54 Å². The van der Waals surface area contributed by atoms with Gasteiger partial charge in [0.15, 0.2) is 0 Å². The van der Waals surface area contributed by atoms with Crippen LogP contribution in [0.4, 0.5) is 5.69 Å². The molecule has 0 fully saturated rings. The molecule has 1 aromatic heterocycles. The van der Waals surface area contributed by atoms with Crippen LogP contribution in [0.15, 0.2) is 12.3 Å². The van der Waals surface area contributed by atoms with E-state index in [9.17, 15) is 14.9 Å². The Morgan fingerprint density at radius 3 is 2.89 bits per heavy atom. The predicted molar refractivity (Wildman–Crippen MR) is 75.9 cm³/mol. The molecule has 0 aromatic carbocycles. The SMILES string of the molecule is CSCCCN(C)C(=O)c1cc([N+](=O)[O-])cnc1Cl. The van der Waals surface area contributed by atoms with Crippen LogP contribution < -0.4 is 0 Å². The summed E-state index contributed by atoms with van der Waals surface area (Å²) in [6.07, 6.45) is 3.87. The summed E-state index contributed by atoms with van der Waals surface area (Å²) in [5.74, 6) is 0.584. The number of carbonyl (C=O) groups excluding carboxylic acids is 1. The summed E-state index contributed by atoms with van der Waals surface area (Å²) in [5, 5.41) is 10.6. The molecular weight excluding hydrogens is 290 g/mol. The van der Waals surface area contributed by atoms with E-state index < -0.39 is 4.92 Å². The van der Waals surface area contributed by atoms with E-state index in [1.165, 1.54) is 4.90 Å². The first-order chi connectivity index (χ1) is 8.97. The Morgan fingerprint density at radius 2 is 2.32 bits per heavy atom. The van der Waals surface area contributed by atoms with Gasteiger partial charge in [0.25, 0.3) is 11.6 Å². The number of hydrogen-bond donors (Lipinski definition) is 0. The molecule has 0 spiro atoms. The molecule has 6 nitrogen and oxygen atoms in total. The van der Waals surface area contributed by atoms with Gasteiger partial charge in [-0.2, -0.15) is 11.8 Å². The van der Waals surface area contributed by atoms with Crippen molar-refractivity contribution in [1.29, 1.82) is 0 Å². The van der Waals surface area contributed by atoms with Crippen LogP contribution in [0.25, 0.3) is 0 Å². The van der Waals surface area contributed by atoms with Crippen molar-refractivity contribution >= 4 is 35.0 Å². The highest BCUT2D eigenvalue weighted by atomic mass is 35.5. The van der Waals surface area contributed by atoms with Crippen molar-refractivity contribution in [1.82, 2.24) is 9.88 Å². The first kappa shape index (κ1) is 15.7. The highest BCUT2D eigenvalue weighted by Gasteiger charge is 2.19. The monoisotopic (exact) mass is 303 g/mol. The van der Waals surface area contributed by atoms with Crippen molar-refractivity contribution in [3.8, 4) is 0 Å². The lowest BCUT2D eigenvalue weighted by Gasteiger charge is -2.17. The number of thioether (sulfide) groups is 1. The Hall–Kier alpha value is -1.34. The highest BCUT2D eigenvalue weighted by molar-refractivity contribution is 7.98. The molecule has 0 atom stereocenters. The van der Waals surface area contributed by atoms with Crippen LogP contribution in [0.3, 0.4) is 0 Å². The summed E-state index contributed by atoms with van der Waals surface area (Å²) in [4.78, 5) is 27.3. The zero-order valence-corrected chi connectivity index (χ0v) is 12.2. The van der Waals surface area contributed by atoms with Crippen molar-refractivity contribution in [3.05, 3.63) is 33.1 Å². The first-order valence-corrected chi connectivity index (χ1v) is 7.29. The minimum atomic E-state index is -0.603. The van der Waals surface area contributed by atoms with Gasteiger partial charge in [0.2, 0.25) is 0 Å². The number of nitro groups is 1. The first-order valence-electron chi connectivity index (χ1n) is 5.51. The molecule has 0 radical (unpaired) electrons. The molecule has 1 heterocycles. The molecule has 0 aliphatic heterocycles. The van der Waals surface area contributed by atoms with Gasteiger partial charge in [-0.15, -0.1) is 0 Å². The fourth-order valence-corrected chi connectivity index (χ4v) is 2.04. The van der Waals surface area contributed by atoms with Gasteiger partial charge >= 0.3 is 0 Å². The third kappa shape index (κ3) is 4.36. The lowest BCUT2D eigenvalue weighted by atomic mass is 10.2. The summed E-state index contributed by atoms with van der Waals surface area (Å²) in [6, 6.07) is 1.16. The number of rotatable bonds is 6. The summed E-state index contributed by atoms with van der Waals surface area (Å²) < 4.78 is 0. The van der Waals surface area contributed by atoms with Crippen molar-refractivity contribution in [2.45, 2.75) is 6.42 Å². The molecule has 0 saturated carbocycles. The molecular formula is C11H14ClN3O3S. The van der Waals surface area contributed by atoms with Crippen molar-refractivity contribution in [2.75, 3.05) is 25.6 Å². The van der Waals surface area contributed by atoms with Crippen LogP contribution in [0.1, 0.15) is 16.8 Å². The number of nitrogens with zero attached hydrogens (tertiary/aromatic N) is 3. The van der Waals surface area contributed by atoms with Gasteiger partial charge in [-0.1, -0.05) is 11.6 Å². The number of halogens is 1. The van der Waals surface area contributed by atoms with E-state index in [4.69, 9.17) is 11.6 Å². The fraction of sp³-hybridized carbons (Fsp3) is 0.455. The Morgan fingerprint density at radius 1 is 1.63 bits per heavy atom. The summed E-state index contributed by atoms with van der Waals surface area (Å²) in [5.41, 5.74) is -0.187. The highest BCUT2D eigenvalue weighted by Crippen LogP contribution is 2.20. The van der Waals surface area contributed by atoms with Crippen LogP contribution in [-0.2, 0) is 0 Å². The minimum Gasteiger partial charge on any atom is -0.342 e.